The van der Waals surface area contributed by atoms with E-state index in [0.717, 1.165) is 44.9 Å². The molecule has 0 bridgehead atoms. The summed E-state index contributed by atoms with van der Waals surface area (Å²) in [4.78, 5) is 24.4. The molecule has 2 atom stereocenters. The molecule has 0 spiro atoms. The third kappa shape index (κ3) is 47.7. The van der Waals surface area contributed by atoms with Gasteiger partial charge in [0.05, 0.1) is 25.4 Å². The van der Waals surface area contributed by atoms with E-state index >= 15 is 0 Å². The Kier molecular flexibility index (Phi) is 49.6. The molecule has 0 aromatic rings. The summed E-state index contributed by atoms with van der Waals surface area (Å²) in [5.41, 5.74) is 0. The summed E-state index contributed by atoms with van der Waals surface area (Å²) in [6.45, 7) is 4.87. The van der Waals surface area contributed by atoms with Crippen LogP contribution in [0.3, 0.4) is 0 Å². The Morgan fingerprint density at radius 3 is 1.16 bits per heavy atom. The van der Waals surface area contributed by atoms with Crippen LogP contribution in [0.5, 0.6) is 0 Å². The summed E-state index contributed by atoms with van der Waals surface area (Å²) in [6, 6.07) is -0.631. The van der Waals surface area contributed by atoms with Gasteiger partial charge in [-0.25, -0.2) is 0 Å². The van der Waals surface area contributed by atoms with Gasteiger partial charge in [-0.3, -0.25) is 9.59 Å². The average molecular weight is 860 g/mol. The first kappa shape index (κ1) is 59.3. The number of esters is 1. The van der Waals surface area contributed by atoms with Crippen LogP contribution in [0.4, 0.5) is 0 Å². The molecule has 6 nitrogen and oxygen atoms in total. The molecule has 1 amide bonds. The van der Waals surface area contributed by atoms with Crippen molar-refractivity contribution in [3.8, 4) is 0 Å². The van der Waals surface area contributed by atoms with Crippen molar-refractivity contribution in [1.29, 1.82) is 0 Å². The highest BCUT2D eigenvalue weighted by Crippen LogP contribution is 2.16. The Hall–Kier alpha value is -1.66. The standard InChI is InChI=1S/C55H105NO5/c1-3-5-7-9-11-13-15-16-17-18-19-23-26-29-33-37-41-45-49-55(60)61-50-46-42-38-34-30-27-24-21-20-22-25-28-32-36-40-44-48-54(59)56-52(51-57)53(58)47-43-39-35-31-14-12-10-8-6-4-2/h17-18,43,47,52-53,57-58H,3-16,19-42,44-46,48-51H2,1-2H3,(H,56,59)/b18-17-,47-43+. The van der Waals surface area contributed by atoms with Crippen molar-refractivity contribution in [1.82, 2.24) is 5.32 Å². The van der Waals surface area contributed by atoms with Crippen molar-refractivity contribution in [2.75, 3.05) is 13.2 Å². The van der Waals surface area contributed by atoms with E-state index in [1.54, 1.807) is 6.08 Å². The smallest absolute Gasteiger partial charge is 0.305 e. The number of rotatable bonds is 50. The number of allylic oxidation sites excluding steroid dienone is 3. The van der Waals surface area contributed by atoms with Gasteiger partial charge in [-0.1, -0.05) is 244 Å². The first-order valence-electron chi connectivity index (χ1n) is 27.1. The van der Waals surface area contributed by atoms with E-state index in [0.29, 0.717) is 19.4 Å². The first-order valence-corrected chi connectivity index (χ1v) is 27.1. The number of hydrogen-bond donors (Lipinski definition) is 3. The van der Waals surface area contributed by atoms with Gasteiger partial charge in [0.1, 0.15) is 0 Å². The van der Waals surface area contributed by atoms with Gasteiger partial charge in [0, 0.05) is 12.8 Å². The summed E-state index contributed by atoms with van der Waals surface area (Å²) >= 11 is 0. The van der Waals surface area contributed by atoms with E-state index in [4.69, 9.17) is 4.74 Å². The summed E-state index contributed by atoms with van der Waals surface area (Å²) in [6.07, 6.45) is 60.5. The van der Waals surface area contributed by atoms with Gasteiger partial charge >= 0.3 is 5.97 Å². The number of nitrogens with one attached hydrogen (secondary N) is 1. The Morgan fingerprint density at radius 1 is 0.443 bits per heavy atom. The molecular weight excluding hydrogens is 755 g/mol. The second kappa shape index (κ2) is 51.0. The maximum absolute atomic E-state index is 12.4. The molecule has 61 heavy (non-hydrogen) atoms. The predicted octanol–water partition coefficient (Wildman–Crippen LogP) is 16.3. The molecule has 0 radical (unpaired) electrons. The molecule has 0 saturated heterocycles. The number of hydrogen-bond acceptors (Lipinski definition) is 5. The van der Waals surface area contributed by atoms with E-state index in [9.17, 15) is 19.8 Å². The van der Waals surface area contributed by atoms with Crippen LogP contribution in [-0.2, 0) is 14.3 Å². The molecule has 2 unspecified atom stereocenters. The molecule has 0 aromatic heterocycles. The van der Waals surface area contributed by atoms with E-state index in [1.807, 2.05) is 6.08 Å². The summed E-state index contributed by atoms with van der Waals surface area (Å²) in [5, 5.41) is 22.9. The lowest BCUT2D eigenvalue weighted by Gasteiger charge is -2.20. The van der Waals surface area contributed by atoms with E-state index in [-0.39, 0.29) is 18.5 Å². The Labute approximate surface area is 380 Å². The molecule has 0 aliphatic carbocycles. The summed E-state index contributed by atoms with van der Waals surface area (Å²) < 4.78 is 5.48. The lowest BCUT2D eigenvalue weighted by atomic mass is 10.0. The minimum absolute atomic E-state index is 0.00111. The second-order valence-corrected chi connectivity index (χ2v) is 18.6. The molecule has 0 heterocycles. The molecule has 0 rings (SSSR count). The zero-order valence-electron chi connectivity index (χ0n) is 40.9. The monoisotopic (exact) mass is 860 g/mol. The Bertz CT molecular complexity index is 951. The van der Waals surface area contributed by atoms with Crippen LogP contribution in [0, 0.1) is 0 Å². The van der Waals surface area contributed by atoms with Crippen molar-refractivity contribution < 1.29 is 24.5 Å². The molecule has 0 aliphatic heterocycles. The third-order valence-corrected chi connectivity index (χ3v) is 12.5. The number of carbonyl (C=O) groups excluding carboxylic acids is 2. The van der Waals surface area contributed by atoms with Crippen LogP contribution in [-0.4, -0.2) is 47.4 Å². The van der Waals surface area contributed by atoms with Crippen LogP contribution in [0.1, 0.15) is 290 Å². The average Bonchev–Trinajstić information content (AvgIpc) is 3.26. The van der Waals surface area contributed by atoms with Crippen LogP contribution in [0.2, 0.25) is 0 Å². The molecule has 0 aliphatic rings. The molecule has 0 aromatic carbocycles. The van der Waals surface area contributed by atoms with Crippen molar-refractivity contribution in [2.45, 2.75) is 302 Å². The van der Waals surface area contributed by atoms with E-state index in [1.165, 1.54) is 218 Å². The normalized spacial score (nSPS) is 12.8. The number of aliphatic hydroxyl groups excluding tert-OH is 2. The zero-order valence-corrected chi connectivity index (χ0v) is 40.9. The van der Waals surface area contributed by atoms with Gasteiger partial charge in [-0.15, -0.1) is 0 Å². The van der Waals surface area contributed by atoms with Crippen molar-refractivity contribution in [3.05, 3.63) is 24.3 Å². The minimum Gasteiger partial charge on any atom is -0.466 e. The largest absolute Gasteiger partial charge is 0.466 e. The molecule has 3 N–H and O–H groups in total. The van der Waals surface area contributed by atoms with Crippen molar-refractivity contribution in [3.63, 3.8) is 0 Å². The van der Waals surface area contributed by atoms with Crippen LogP contribution in [0.25, 0.3) is 0 Å². The molecule has 6 heteroatoms. The highest BCUT2D eigenvalue weighted by molar-refractivity contribution is 5.76. The molecule has 360 valence electrons. The maximum atomic E-state index is 12.4. The van der Waals surface area contributed by atoms with Gasteiger partial charge in [0.2, 0.25) is 5.91 Å². The fraction of sp³-hybridized carbons (Fsp3) is 0.891. The van der Waals surface area contributed by atoms with Gasteiger partial charge in [-0.2, -0.15) is 0 Å². The Morgan fingerprint density at radius 2 is 0.770 bits per heavy atom. The van der Waals surface area contributed by atoms with Crippen molar-refractivity contribution in [2.24, 2.45) is 0 Å². The van der Waals surface area contributed by atoms with Crippen LogP contribution >= 0.6 is 0 Å². The summed E-state index contributed by atoms with van der Waals surface area (Å²) in [7, 11) is 0. The first-order chi connectivity index (χ1) is 30.0. The van der Waals surface area contributed by atoms with Crippen LogP contribution < -0.4 is 5.32 Å². The summed E-state index contributed by atoms with van der Waals surface area (Å²) in [5.74, 6) is -0.0778. The van der Waals surface area contributed by atoms with E-state index in [2.05, 4.69) is 31.3 Å². The lowest BCUT2D eigenvalue weighted by molar-refractivity contribution is -0.143. The lowest BCUT2D eigenvalue weighted by Crippen LogP contribution is -2.45. The number of unbranched alkanes of at least 4 members (excludes halogenated alkanes) is 37. The van der Waals surface area contributed by atoms with Gasteiger partial charge in [0.25, 0.3) is 0 Å². The maximum Gasteiger partial charge on any atom is 0.305 e. The zero-order chi connectivity index (χ0) is 44.4. The SMILES string of the molecule is CCCCCCCCC/C=C\CCCCCCCCCC(=O)OCCCCCCCCCCCCCCCCCCC(=O)NC(CO)C(O)/C=C/CCCCCCCCCC. The van der Waals surface area contributed by atoms with Crippen LogP contribution in [0.15, 0.2) is 24.3 Å². The molecule has 0 saturated carbocycles. The second-order valence-electron chi connectivity index (χ2n) is 18.6. The fourth-order valence-corrected chi connectivity index (χ4v) is 8.27. The molecule has 0 fully saturated rings. The number of carbonyl (C=O) groups is 2. The third-order valence-electron chi connectivity index (χ3n) is 12.5. The van der Waals surface area contributed by atoms with Gasteiger partial charge in [0.15, 0.2) is 0 Å². The van der Waals surface area contributed by atoms with Gasteiger partial charge < -0.3 is 20.3 Å². The Balaban J connectivity index is 3.41. The predicted molar refractivity (Wildman–Crippen MR) is 264 cm³/mol. The fourth-order valence-electron chi connectivity index (χ4n) is 8.27. The van der Waals surface area contributed by atoms with Gasteiger partial charge in [-0.05, 0) is 57.8 Å². The van der Waals surface area contributed by atoms with Crippen molar-refractivity contribution >= 4 is 11.9 Å². The highest BCUT2D eigenvalue weighted by atomic mass is 16.5. The number of amides is 1. The highest BCUT2D eigenvalue weighted by Gasteiger charge is 2.18. The molecular formula is C55H105NO5. The quantitative estimate of drug-likeness (QED) is 0.0322. The number of aliphatic hydroxyl groups is 2. The number of ether oxygens (including phenoxy) is 1. The van der Waals surface area contributed by atoms with E-state index < -0.39 is 12.1 Å². The minimum atomic E-state index is -0.847. The topological polar surface area (TPSA) is 95.9 Å².